The summed E-state index contributed by atoms with van der Waals surface area (Å²) in [5.74, 6) is 1.68. The molecule has 1 aliphatic rings. The number of thioether (sulfide) groups is 1. The summed E-state index contributed by atoms with van der Waals surface area (Å²) in [6.45, 7) is 5.97. The molecule has 6 rings (SSSR count). The van der Waals surface area contributed by atoms with Gasteiger partial charge in [0.1, 0.15) is 12.6 Å². The third kappa shape index (κ3) is 7.44. The molecule has 0 bridgehead atoms. The Bertz CT molecular complexity index is 2080. The van der Waals surface area contributed by atoms with Gasteiger partial charge in [0, 0.05) is 37.8 Å². The smallest absolute Gasteiger partial charge is 0.255 e. The number of benzene rings is 4. The van der Waals surface area contributed by atoms with Gasteiger partial charge in [-0.25, -0.2) is 4.68 Å². The molecule has 1 aliphatic heterocycles. The van der Waals surface area contributed by atoms with E-state index >= 15 is 0 Å². The minimum atomic E-state index is -0.680. The largest absolute Gasteiger partial charge is 0.493 e. The molecule has 0 aliphatic carbocycles. The number of aromatic nitrogens is 3. The van der Waals surface area contributed by atoms with Crippen molar-refractivity contribution < 1.29 is 14.3 Å². The Labute approximate surface area is 312 Å². The SMILES string of the molecule is COc1cc(C2C(C(=O)Nc3cccc(C)c3C)=C(C)Nc3nc(SCc4ccccc4Cl)nn32)cc(Br)c1OCc1c(Cl)cccc1Cl. The van der Waals surface area contributed by atoms with Crippen molar-refractivity contribution in [2.45, 2.75) is 44.3 Å². The zero-order valence-electron chi connectivity index (χ0n) is 26.9. The summed E-state index contributed by atoms with van der Waals surface area (Å²) in [5.41, 5.74) is 6.22. The van der Waals surface area contributed by atoms with E-state index in [1.54, 1.807) is 30.0 Å². The minimum Gasteiger partial charge on any atom is -0.493 e. The van der Waals surface area contributed by atoms with Crippen LogP contribution in [0.1, 0.15) is 40.8 Å². The van der Waals surface area contributed by atoms with E-state index in [0.717, 1.165) is 22.4 Å². The second kappa shape index (κ2) is 15.1. The van der Waals surface area contributed by atoms with Gasteiger partial charge >= 0.3 is 0 Å². The van der Waals surface area contributed by atoms with Gasteiger partial charge in [0.25, 0.3) is 5.91 Å². The number of amides is 1. The number of fused-ring (bicyclic) bond motifs is 1. The summed E-state index contributed by atoms with van der Waals surface area (Å²) in [6, 6.07) is 21.8. The Balaban J connectivity index is 1.40. The quantitative estimate of drug-likeness (QED) is 0.136. The highest BCUT2D eigenvalue weighted by molar-refractivity contribution is 9.10. The second-order valence-electron chi connectivity index (χ2n) is 11.3. The molecular formula is C36H31BrCl3N5O3S. The Morgan fingerprint density at radius 1 is 1.00 bits per heavy atom. The van der Waals surface area contributed by atoms with Crippen LogP contribution in [0.4, 0.5) is 11.6 Å². The van der Waals surface area contributed by atoms with Gasteiger partial charge < -0.3 is 20.1 Å². The zero-order valence-corrected chi connectivity index (χ0v) is 31.6. The molecule has 1 amide bonds. The number of ether oxygens (including phenoxy) is 2. The molecule has 2 heterocycles. The molecule has 5 aromatic rings. The number of nitrogens with one attached hydrogen (secondary N) is 2. The molecule has 0 fully saturated rings. The molecule has 1 atom stereocenters. The van der Waals surface area contributed by atoms with E-state index in [1.165, 1.54) is 11.8 Å². The van der Waals surface area contributed by atoms with Crippen molar-refractivity contribution in [3.8, 4) is 11.5 Å². The summed E-state index contributed by atoms with van der Waals surface area (Å²) < 4.78 is 14.4. The van der Waals surface area contributed by atoms with Crippen LogP contribution < -0.4 is 20.1 Å². The summed E-state index contributed by atoms with van der Waals surface area (Å²) in [7, 11) is 1.56. The number of carbonyl (C=O) groups excluding carboxylic acids is 1. The number of hydrogen-bond acceptors (Lipinski definition) is 7. The van der Waals surface area contributed by atoms with Crippen molar-refractivity contribution in [2.75, 3.05) is 17.7 Å². The van der Waals surface area contributed by atoms with Crippen LogP contribution in [-0.4, -0.2) is 27.8 Å². The highest BCUT2D eigenvalue weighted by Gasteiger charge is 2.36. The number of halogens is 4. The molecule has 4 aromatic carbocycles. The van der Waals surface area contributed by atoms with E-state index < -0.39 is 6.04 Å². The van der Waals surface area contributed by atoms with Gasteiger partial charge in [0.15, 0.2) is 11.5 Å². The van der Waals surface area contributed by atoms with Crippen molar-refractivity contribution in [3.63, 3.8) is 0 Å². The maximum atomic E-state index is 14.2. The highest BCUT2D eigenvalue weighted by atomic mass is 79.9. The van der Waals surface area contributed by atoms with Crippen LogP contribution in [0, 0.1) is 13.8 Å². The molecule has 1 unspecified atom stereocenters. The molecular weight excluding hydrogens is 769 g/mol. The first kappa shape index (κ1) is 35.2. The number of allylic oxidation sites excluding steroid dienone is 1. The predicted molar refractivity (Wildman–Crippen MR) is 202 cm³/mol. The van der Waals surface area contributed by atoms with Gasteiger partial charge in [0.2, 0.25) is 11.1 Å². The fourth-order valence-corrected chi connectivity index (χ4v) is 7.68. The monoisotopic (exact) mass is 797 g/mol. The number of hydrogen-bond donors (Lipinski definition) is 2. The number of nitrogens with zero attached hydrogens (tertiary/aromatic N) is 3. The van der Waals surface area contributed by atoms with E-state index in [2.05, 4.69) is 26.6 Å². The van der Waals surface area contributed by atoms with Crippen LogP contribution in [0.3, 0.4) is 0 Å². The first-order valence-electron chi connectivity index (χ1n) is 15.2. The third-order valence-electron chi connectivity index (χ3n) is 8.24. The lowest BCUT2D eigenvalue weighted by Crippen LogP contribution is -2.31. The average molecular weight is 800 g/mol. The third-order valence-corrected chi connectivity index (χ3v) is 10.8. The van der Waals surface area contributed by atoms with Crippen LogP contribution >= 0.6 is 62.5 Å². The van der Waals surface area contributed by atoms with Crippen LogP contribution in [-0.2, 0) is 17.2 Å². The molecule has 0 saturated carbocycles. The van der Waals surface area contributed by atoms with Crippen molar-refractivity contribution in [1.29, 1.82) is 0 Å². The van der Waals surface area contributed by atoms with Crippen LogP contribution in [0.2, 0.25) is 15.1 Å². The fourth-order valence-electron chi connectivity index (χ4n) is 5.48. The number of carbonyl (C=O) groups is 1. The minimum absolute atomic E-state index is 0.113. The van der Waals surface area contributed by atoms with Gasteiger partial charge in [-0.1, -0.05) is 83.0 Å². The standard InChI is InChI=1S/C36H31BrCl3N5O3S/c1-19-9-7-14-29(20(19)2)42-34(46)31-21(3)41-35-43-36(49-18-22-10-5-6-11-26(22)38)44-45(35)32(31)23-15-25(37)33(30(16-23)47-4)48-17-24-27(39)12-8-13-28(24)40/h5-16,32H,17-18H2,1-4H3,(H,42,46)(H,41,43,44). The van der Waals surface area contributed by atoms with Gasteiger partial charge in [-0.05, 0) is 95.4 Å². The van der Waals surface area contributed by atoms with Crippen LogP contribution in [0.5, 0.6) is 11.5 Å². The Morgan fingerprint density at radius 2 is 1.71 bits per heavy atom. The summed E-state index contributed by atoms with van der Waals surface area (Å²) in [5, 5.41) is 13.5. The second-order valence-corrected chi connectivity index (χ2v) is 14.4. The predicted octanol–water partition coefficient (Wildman–Crippen LogP) is 10.4. The summed E-state index contributed by atoms with van der Waals surface area (Å²) in [6.07, 6.45) is 0. The molecule has 0 saturated heterocycles. The molecule has 252 valence electrons. The molecule has 8 nitrogen and oxygen atoms in total. The molecule has 0 radical (unpaired) electrons. The lowest BCUT2D eigenvalue weighted by molar-refractivity contribution is -0.113. The molecule has 1 aromatic heterocycles. The van der Waals surface area contributed by atoms with Gasteiger partial charge in [-0.2, -0.15) is 4.98 Å². The number of anilines is 2. The average Bonchev–Trinajstić information content (AvgIpc) is 3.48. The van der Waals surface area contributed by atoms with Gasteiger partial charge in [-0.15, -0.1) is 5.10 Å². The Hall–Kier alpha value is -3.67. The van der Waals surface area contributed by atoms with Crippen molar-refractivity contribution in [3.05, 3.63) is 131 Å². The van der Waals surface area contributed by atoms with Crippen molar-refractivity contribution >= 4 is 80.0 Å². The Kier molecular flexibility index (Phi) is 10.8. The number of methoxy groups -OCH3 is 1. The highest BCUT2D eigenvalue weighted by Crippen LogP contribution is 2.44. The first-order valence-corrected chi connectivity index (χ1v) is 18.1. The molecule has 0 spiro atoms. The van der Waals surface area contributed by atoms with E-state index in [1.807, 2.05) is 75.4 Å². The first-order chi connectivity index (χ1) is 23.5. The van der Waals surface area contributed by atoms with E-state index in [-0.39, 0.29) is 12.5 Å². The lowest BCUT2D eigenvalue weighted by Gasteiger charge is -2.29. The Morgan fingerprint density at radius 3 is 2.45 bits per heavy atom. The normalized spacial score (nSPS) is 13.9. The van der Waals surface area contributed by atoms with Gasteiger partial charge in [-0.3, -0.25) is 4.79 Å². The van der Waals surface area contributed by atoms with E-state index in [9.17, 15) is 4.79 Å². The van der Waals surface area contributed by atoms with Gasteiger partial charge in [0.05, 0.1) is 17.2 Å². The summed E-state index contributed by atoms with van der Waals surface area (Å²) >= 11 is 24.4. The lowest BCUT2D eigenvalue weighted by atomic mass is 9.94. The molecule has 2 N–H and O–H groups in total. The topological polar surface area (TPSA) is 90.3 Å². The fraction of sp³-hybridized carbons (Fsp3) is 0.194. The molecule has 49 heavy (non-hydrogen) atoms. The summed E-state index contributed by atoms with van der Waals surface area (Å²) in [4.78, 5) is 19.0. The maximum absolute atomic E-state index is 14.2. The van der Waals surface area contributed by atoms with E-state index in [4.69, 9.17) is 54.4 Å². The van der Waals surface area contributed by atoms with Crippen LogP contribution in [0.15, 0.2) is 93.7 Å². The van der Waals surface area contributed by atoms with Crippen LogP contribution in [0.25, 0.3) is 0 Å². The molecule has 13 heteroatoms. The van der Waals surface area contributed by atoms with E-state index in [0.29, 0.717) is 70.3 Å². The number of rotatable bonds is 10. The zero-order chi connectivity index (χ0) is 34.8. The van der Waals surface area contributed by atoms with Crippen molar-refractivity contribution in [1.82, 2.24) is 14.8 Å². The number of aryl methyl sites for hydroxylation is 1. The maximum Gasteiger partial charge on any atom is 0.255 e. The van der Waals surface area contributed by atoms with Crippen molar-refractivity contribution in [2.24, 2.45) is 0 Å².